The third kappa shape index (κ3) is 2.78. The first-order valence-electron chi connectivity index (χ1n) is 2.65. The summed E-state index contributed by atoms with van der Waals surface area (Å²) in [5.41, 5.74) is 0. The summed E-state index contributed by atoms with van der Waals surface area (Å²) in [7, 11) is 0. The van der Waals surface area contributed by atoms with Crippen LogP contribution >= 0.6 is 15.8 Å². The lowest BCUT2D eigenvalue weighted by molar-refractivity contribution is 0.404. The van der Waals surface area contributed by atoms with Crippen molar-refractivity contribution in [3.63, 3.8) is 0 Å². The molecular weight excluding hydrogens is 195 g/mol. The van der Waals surface area contributed by atoms with E-state index in [0.29, 0.717) is 0 Å². The zero-order chi connectivity index (χ0) is 7.98. The van der Waals surface area contributed by atoms with Crippen molar-refractivity contribution in [3.8, 4) is 11.5 Å². The molecule has 0 atom stereocenters. The third-order valence-corrected chi connectivity index (χ3v) is 0.882. The van der Waals surface area contributed by atoms with Crippen molar-refractivity contribution in [2.45, 2.75) is 0 Å². The Balaban J connectivity index is 0.000000371. The van der Waals surface area contributed by atoms with Crippen LogP contribution in [0.1, 0.15) is 0 Å². The van der Waals surface area contributed by atoms with E-state index in [4.69, 9.17) is 10.2 Å². The average Bonchev–Trinajstić information content (AvgIpc) is 2.00. The van der Waals surface area contributed by atoms with E-state index in [1.165, 1.54) is 12.1 Å². The van der Waals surface area contributed by atoms with Crippen LogP contribution in [0.4, 0.5) is 0 Å². The maximum absolute atomic E-state index is 8.67. The molecule has 1 aromatic carbocycles. The first-order valence-corrected chi connectivity index (χ1v) is 4.24. The van der Waals surface area contributed by atoms with Gasteiger partial charge in [0.15, 0.2) is 18.2 Å². The van der Waals surface area contributed by atoms with Crippen LogP contribution in [0.5, 0.6) is 11.5 Å². The fourth-order valence-electron chi connectivity index (χ4n) is 0.464. The normalized spacial score (nSPS) is 7.70. The van der Waals surface area contributed by atoms with Gasteiger partial charge in [0.1, 0.15) is 0 Å². The Morgan fingerprint density at radius 2 is 1.30 bits per heavy atom. The molecule has 0 bridgehead atoms. The van der Waals surface area contributed by atoms with Crippen LogP contribution in [-0.4, -0.2) is 16.9 Å². The van der Waals surface area contributed by atoms with Gasteiger partial charge >= 0.3 is 0 Å². The van der Waals surface area contributed by atoms with Gasteiger partial charge in [0.25, 0.3) is 0 Å². The molecule has 54 valence electrons. The van der Waals surface area contributed by atoms with Crippen LogP contribution in [0.2, 0.25) is 0 Å². The lowest BCUT2D eigenvalue weighted by Crippen LogP contribution is -1.63. The molecule has 1 rings (SSSR count). The van der Waals surface area contributed by atoms with Crippen LogP contribution in [0, 0.1) is 0 Å². The standard InChI is InChI=1S/C6H6O2.BBrH2/c7-5-3-1-2-4-6(5)8;1-2/h1-4,7-8H;1H2. The van der Waals surface area contributed by atoms with E-state index in [1.807, 2.05) is 6.67 Å². The lowest BCUT2D eigenvalue weighted by Gasteiger charge is -1.91. The number of rotatable bonds is 0. The summed E-state index contributed by atoms with van der Waals surface area (Å²) in [6, 6.07) is 6.15. The first-order chi connectivity index (χ1) is 4.80. The number of phenolic OH excluding ortho intramolecular Hbond substituents is 2. The number of aromatic hydroxyl groups is 2. The predicted molar refractivity (Wildman–Crippen MR) is 47.2 cm³/mol. The minimum Gasteiger partial charge on any atom is -0.504 e. The summed E-state index contributed by atoms with van der Waals surface area (Å²) in [5, 5.41) is 17.3. The molecule has 1 aromatic rings. The van der Waals surface area contributed by atoms with E-state index in [1.54, 1.807) is 12.1 Å². The molecule has 10 heavy (non-hydrogen) atoms. The molecule has 0 aromatic heterocycles. The monoisotopic (exact) mass is 202 g/mol. The minimum absolute atomic E-state index is 0.0764. The van der Waals surface area contributed by atoms with Crippen LogP contribution in [0.3, 0.4) is 0 Å². The van der Waals surface area contributed by atoms with Gasteiger partial charge in [0, 0.05) is 0 Å². The molecule has 0 aliphatic carbocycles. The van der Waals surface area contributed by atoms with Crippen LogP contribution in [0.15, 0.2) is 24.3 Å². The van der Waals surface area contributed by atoms with Crippen molar-refractivity contribution < 1.29 is 10.2 Å². The van der Waals surface area contributed by atoms with E-state index >= 15 is 0 Å². The smallest absolute Gasteiger partial charge is 0.186 e. The largest absolute Gasteiger partial charge is 0.504 e. The Morgan fingerprint density at radius 1 is 1.00 bits per heavy atom. The van der Waals surface area contributed by atoms with Gasteiger partial charge in [0.05, 0.1) is 0 Å². The van der Waals surface area contributed by atoms with Gasteiger partial charge in [-0.1, -0.05) is 12.1 Å². The van der Waals surface area contributed by atoms with Gasteiger partial charge in [-0.2, -0.15) is 15.8 Å². The van der Waals surface area contributed by atoms with Gasteiger partial charge in [-0.3, -0.25) is 0 Å². The number of phenols is 2. The quantitative estimate of drug-likeness (QED) is 0.488. The van der Waals surface area contributed by atoms with Gasteiger partial charge in [-0.05, 0) is 12.1 Å². The Bertz CT molecular complexity index is 172. The highest BCUT2D eigenvalue weighted by Gasteiger charge is 1.90. The molecule has 4 heteroatoms. The van der Waals surface area contributed by atoms with Crippen LogP contribution in [0.25, 0.3) is 0 Å². The predicted octanol–water partition coefficient (Wildman–Crippen LogP) is 1.03. The van der Waals surface area contributed by atoms with Crippen molar-refractivity contribution in [1.82, 2.24) is 0 Å². The number of para-hydroxylation sites is 2. The van der Waals surface area contributed by atoms with E-state index in [2.05, 4.69) is 15.8 Å². The molecule has 0 saturated heterocycles. The Morgan fingerprint density at radius 3 is 1.50 bits per heavy atom. The summed E-state index contributed by atoms with van der Waals surface area (Å²) < 4.78 is 0. The summed E-state index contributed by atoms with van der Waals surface area (Å²) in [6.45, 7) is 1.81. The van der Waals surface area contributed by atoms with E-state index in [-0.39, 0.29) is 11.5 Å². The molecule has 0 radical (unpaired) electrons. The summed E-state index contributed by atoms with van der Waals surface area (Å²) >= 11 is 2.94. The van der Waals surface area contributed by atoms with Crippen molar-refractivity contribution in [2.75, 3.05) is 0 Å². The molecule has 2 N–H and O–H groups in total. The third-order valence-electron chi connectivity index (χ3n) is 0.882. The van der Waals surface area contributed by atoms with Gasteiger partial charge in [-0.25, -0.2) is 0 Å². The van der Waals surface area contributed by atoms with Crippen molar-refractivity contribution in [2.24, 2.45) is 0 Å². The summed E-state index contributed by atoms with van der Waals surface area (Å²) in [5.74, 6) is -0.153. The minimum atomic E-state index is -0.0764. The second-order valence-electron chi connectivity index (χ2n) is 1.49. The summed E-state index contributed by atoms with van der Waals surface area (Å²) in [4.78, 5) is 0. The highest BCUT2D eigenvalue weighted by Crippen LogP contribution is 2.21. The molecule has 2 nitrogen and oxygen atoms in total. The Hall–Kier alpha value is -0.635. The van der Waals surface area contributed by atoms with Crippen LogP contribution < -0.4 is 0 Å². The highest BCUT2D eigenvalue weighted by atomic mass is 79.9. The highest BCUT2D eigenvalue weighted by molar-refractivity contribution is 9.22. The second-order valence-corrected chi connectivity index (χ2v) is 1.49. The fourth-order valence-corrected chi connectivity index (χ4v) is 0.464. The van der Waals surface area contributed by atoms with Gasteiger partial charge in [0.2, 0.25) is 0 Å². The molecular formula is C6H8BBrO2. The van der Waals surface area contributed by atoms with Gasteiger partial charge in [-0.15, -0.1) is 0 Å². The first kappa shape index (κ1) is 9.36. The fraction of sp³-hybridized carbons (Fsp3) is 0. The number of hydrogen-bond donors (Lipinski definition) is 2. The summed E-state index contributed by atoms with van der Waals surface area (Å²) in [6.07, 6.45) is 0. The van der Waals surface area contributed by atoms with Crippen molar-refractivity contribution in [3.05, 3.63) is 24.3 Å². The number of hydrogen-bond acceptors (Lipinski definition) is 2. The second kappa shape index (κ2) is 5.17. The van der Waals surface area contributed by atoms with E-state index in [0.717, 1.165) is 0 Å². The Labute approximate surface area is 68.9 Å². The van der Waals surface area contributed by atoms with Crippen molar-refractivity contribution in [1.29, 1.82) is 0 Å². The average molecular weight is 203 g/mol. The van der Waals surface area contributed by atoms with E-state index in [9.17, 15) is 0 Å². The Kier molecular flexibility index (Phi) is 4.85. The molecule has 0 spiro atoms. The number of halogens is 1. The molecule has 0 aliphatic rings. The molecule has 0 amide bonds. The lowest BCUT2D eigenvalue weighted by atomic mass is 10.3. The van der Waals surface area contributed by atoms with Crippen LogP contribution in [-0.2, 0) is 0 Å². The molecule has 0 fully saturated rings. The SMILES string of the molecule is BBr.Oc1ccccc1O. The topological polar surface area (TPSA) is 40.5 Å². The molecule has 0 heterocycles. The van der Waals surface area contributed by atoms with Gasteiger partial charge < -0.3 is 10.2 Å². The van der Waals surface area contributed by atoms with Crippen molar-refractivity contribution >= 4 is 22.4 Å². The maximum atomic E-state index is 8.67. The zero-order valence-electron chi connectivity index (χ0n) is 5.58. The zero-order valence-corrected chi connectivity index (χ0v) is 7.17. The van der Waals surface area contributed by atoms with E-state index < -0.39 is 0 Å². The molecule has 0 aliphatic heterocycles. The maximum Gasteiger partial charge on any atom is 0.186 e. The molecule has 0 saturated carbocycles. The molecule has 0 unspecified atom stereocenters. The number of benzene rings is 1.